The van der Waals surface area contributed by atoms with Crippen molar-refractivity contribution in [3.63, 3.8) is 0 Å². The minimum absolute atomic E-state index is 0.650. The molecule has 0 unspecified atom stereocenters. The Kier molecular flexibility index (Phi) is 3.59. The Labute approximate surface area is 134 Å². The Bertz CT molecular complexity index is 842. The maximum atomic E-state index is 5.92. The third-order valence-corrected chi connectivity index (χ3v) is 4.01. The fourth-order valence-electron chi connectivity index (χ4n) is 2.73. The lowest BCUT2D eigenvalue weighted by atomic mass is 10.1. The number of ether oxygens (including phenoxy) is 1. The van der Waals surface area contributed by atoms with Crippen molar-refractivity contribution >= 4 is 11.5 Å². The molecule has 0 amide bonds. The van der Waals surface area contributed by atoms with Gasteiger partial charge in [-0.1, -0.05) is 12.1 Å². The van der Waals surface area contributed by atoms with Gasteiger partial charge in [0, 0.05) is 31.4 Å². The summed E-state index contributed by atoms with van der Waals surface area (Å²) in [6.07, 6.45) is 3.78. The molecule has 0 atom stereocenters. The van der Waals surface area contributed by atoms with E-state index in [0.717, 1.165) is 53.5 Å². The number of hydrogen-bond acceptors (Lipinski definition) is 5. The van der Waals surface area contributed by atoms with Crippen LogP contribution in [0, 0.1) is 6.92 Å². The Morgan fingerprint density at radius 3 is 3.09 bits per heavy atom. The van der Waals surface area contributed by atoms with E-state index in [0.29, 0.717) is 6.61 Å². The molecule has 0 fully saturated rings. The largest absolute Gasteiger partial charge is 0.492 e. The van der Waals surface area contributed by atoms with Crippen LogP contribution in [-0.4, -0.2) is 40.8 Å². The van der Waals surface area contributed by atoms with Crippen LogP contribution in [0.15, 0.2) is 36.7 Å². The van der Waals surface area contributed by atoms with E-state index in [4.69, 9.17) is 9.72 Å². The van der Waals surface area contributed by atoms with Gasteiger partial charge < -0.3 is 15.4 Å². The molecule has 0 saturated carbocycles. The maximum Gasteiger partial charge on any atom is 0.165 e. The quantitative estimate of drug-likeness (QED) is 0.666. The highest BCUT2D eigenvalue weighted by molar-refractivity contribution is 5.78. The van der Waals surface area contributed by atoms with Crippen LogP contribution < -0.4 is 15.4 Å². The summed E-state index contributed by atoms with van der Waals surface area (Å²) < 4.78 is 7.72. The molecule has 1 aromatic carbocycles. The molecule has 1 aliphatic heterocycles. The summed E-state index contributed by atoms with van der Waals surface area (Å²) in [5.41, 5.74) is 4.05. The molecule has 4 rings (SSSR count). The zero-order valence-corrected chi connectivity index (χ0v) is 13.0. The summed E-state index contributed by atoms with van der Waals surface area (Å²) in [4.78, 5) is 4.70. The summed E-state index contributed by atoms with van der Waals surface area (Å²) in [6.45, 7) is 5.21. The van der Waals surface area contributed by atoms with Crippen LogP contribution in [0.4, 0.5) is 5.82 Å². The summed E-state index contributed by atoms with van der Waals surface area (Å²) >= 11 is 0. The number of aryl methyl sites for hydroxylation is 1. The van der Waals surface area contributed by atoms with Gasteiger partial charge in [0.2, 0.25) is 0 Å². The highest BCUT2D eigenvalue weighted by Crippen LogP contribution is 2.29. The first-order chi connectivity index (χ1) is 11.3. The van der Waals surface area contributed by atoms with E-state index >= 15 is 0 Å². The van der Waals surface area contributed by atoms with Gasteiger partial charge in [-0.05, 0) is 30.2 Å². The van der Waals surface area contributed by atoms with Gasteiger partial charge in [-0.25, -0.2) is 9.50 Å². The average Bonchev–Trinajstić information content (AvgIpc) is 2.98. The molecule has 3 aromatic rings. The van der Waals surface area contributed by atoms with Crippen molar-refractivity contribution in [2.24, 2.45) is 0 Å². The maximum absolute atomic E-state index is 5.92. The van der Waals surface area contributed by atoms with Crippen molar-refractivity contribution in [2.75, 3.05) is 31.6 Å². The minimum Gasteiger partial charge on any atom is -0.492 e. The predicted octanol–water partition coefficient (Wildman–Crippen LogP) is 2.10. The van der Waals surface area contributed by atoms with Crippen molar-refractivity contribution in [3.8, 4) is 16.9 Å². The lowest BCUT2D eigenvalue weighted by molar-refractivity contribution is 0.313. The van der Waals surface area contributed by atoms with Gasteiger partial charge in [0.05, 0.1) is 6.20 Å². The Hall–Kier alpha value is -2.60. The second-order valence-corrected chi connectivity index (χ2v) is 5.64. The fraction of sp³-hybridized carbons (Fsp3) is 0.294. The van der Waals surface area contributed by atoms with Crippen molar-refractivity contribution in [2.45, 2.75) is 6.92 Å². The van der Waals surface area contributed by atoms with Gasteiger partial charge >= 0.3 is 0 Å². The van der Waals surface area contributed by atoms with Crippen molar-refractivity contribution < 1.29 is 4.74 Å². The van der Waals surface area contributed by atoms with Crippen LogP contribution in [0.25, 0.3) is 16.8 Å². The third kappa shape index (κ3) is 2.73. The number of nitrogens with zero attached hydrogens (tertiary/aromatic N) is 3. The molecule has 3 heterocycles. The number of nitrogens with one attached hydrogen (secondary N) is 2. The summed E-state index contributed by atoms with van der Waals surface area (Å²) in [5, 5.41) is 11.1. The monoisotopic (exact) mass is 309 g/mol. The number of anilines is 1. The number of benzene rings is 1. The van der Waals surface area contributed by atoms with Crippen LogP contribution >= 0.6 is 0 Å². The molecule has 1 aliphatic rings. The van der Waals surface area contributed by atoms with E-state index in [9.17, 15) is 0 Å². The zero-order chi connectivity index (χ0) is 15.6. The summed E-state index contributed by atoms with van der Waals surface area (Å²) in [6, 6.07) is 8.18. The van der Waals surface area contributed by atoms with Crippen molar-refractivity contribution in [1.29, 1.82) is 0 Å². The average molecular weight is 309 g/mol. The van der Waals surface area contributed by atoms with Gasteiger partial charge in [0.25, 0.3) is 0 Å². The Morgan fingerprint density at radius 1 is 1.17 bits per heavy atom. The minimum atomic E-state index is 0.650. The molecule has 0 saturated heterocycles. The highest BCUT2D eigenvalue weighted by atomic mass is 16.5. The molecule has 6 nitrogen and oxygen atoms in total. The van der Waals surface area contributed by atoms with E-state index < -0.39 is 0 Å². The molecule has 0 spiro atoms. The molecule has 0 radical (unpaired) electrons. The summed E-state index contributed by atoms with van der Waals surface area (Å²) in [7, 11) is 0. The van der Waals surface area contributed by atoms with Crippen LogP contribution in [-0.2, 0) is 0 Å². The lowest BCUT2D eigenvalue weighted by Crippen LogP contribution is -2.27. The first kappa shape index (κ1) is 14.0. The second-order valence-electron chi connectivity index (χ2n) is 5.64. The van der Waals surface area contributed by atoms with E-state index in [1.165, 1.54) is 0 Å². The van der Waals surface area contributed by atoms with Gasteiger partial charge in [-0.3, -0.25) is 0 Å². The molecule has 0 aliphatic carbocycles. The van der Waals surface area contributed by atoms with Gasteiger partial charge in [0.1, 0.15) is 18.2 Å². The molecule has 4 bridgehead atoms. The topological polar surface area (TPSA) is 63.5 Å². The summed E-state index contributed by atoms with van der Waals surface area (Å²) in [5.74, 6) is 1.77. The van der Waals surface area contributed by atoms with E-state index in [-0.39, 0.29) is 0 Å². The molecule has 6 heteroatoms. The molecule has 2 N–H and O–H groups in total. The number of rotatable bonds is 0. The third-order valence-electron chi connectivity index (χ3n) is 4.01. The number of hydrogen-bond donors (Lipinski definition) is 2. The molecule has 2 aromatic heterocycles. The van der Waals surface area contributed by atoms with Gasteiger partial charge in [0.15, 0.2) is 5.65 Å². The van der Waals surface area contributed by atoms with Crippen LogP contribution in [0.2, 0.25) is 0 Å². The fourth-order valence-corrected chi connectivity index (χ4v) is 2.73. The first-order valence-electron chi connectivity index (χ1n) is 7.84. The van der Waals surface area contributed by atoms with Crippen molar-refractivity contribution in [1.82, 2.24) is 19.9 Å². The number of fused-ring (bicyclic) bond motifs is 4. The molecule has 23 heavy (non-hydrogen) atoms. The highest BCUT2D eigenvalue weighted by Gasteiger charge is 2.11. The predicted molar refractivity (Wildman–Crippen MR) is 90.0 cm³/mol. The Morgan fingerprint density at radius 2 is 2.13 bits per heavy atom. The van der Waals surface area contributed by atoms with E-state index in [1.54, 1.807) is 4.52 Å². The SMILES string of the molecule is Cc1ccc2cc1OCCNCCNc1ccn3ncc-2c3n1. The normalized spacial score (nSPS) is 15.0. The van der Waals surface area contributed by atoms with Crippen LogP contribution in [0.5, 0.6) is 5.75 Å². The van der Waals surface area contributed by atoms with Gasteiger partial charge in [-0.2, -0.15) is 5.10 Å². The van der Waals surface area contributed by atoms with Crippen LogP contribution in [0.3, 0.4) is 0 Å². The smallest absolute Gasteiger partial charge is 0.165 e. The first-order valence-corrected chi connectivity index (χ1v) is 7.84. The lowest BCUT2D eigenvalue weighted by Gasteiger charge is -2.13. The van der Waals surface area contributed by atoms with Crippen molar-refractivity contribution in [3.05, 3.63) is 42.2 Å². The number of aromatic nitrogens is 3. The standard InChI is InChI=1S/C17H19N5O/c1-12-2-3-13-10-15(12)23-9-7-18-5-6-19-16-4-8-22-17(21-16)14(13)11-20-22/h2-4,8,10-11,18H,5-7,9H2,1H3,(H,19,21). The van der Waals surface area contributed by atoms with E-state index in [2.05, 4.69) is 40.9 Å². The second kappa shape index (κ2) is 5.89. The van der Waals surface area contributed by atoms with Crippen LogP contribution in [0.1, 0.15) is 5.56 Å². The Balaban J connectivity index is 1.85. The van der Waals surface area contributed by atoms with Gasteiger partial charge in [-0.15, -0.1) is 0 Å². The molecule has 118 valence electrons. The molecular weight excluding hydrogens is 290 g/mol. The zero-order valence-electron chi connectivity index (χ0n) is 13.0. The molecular formula is C17H19N5O. The van der Waals surface area contributed by atoms with E-state index in [1.807, 2.05) is 18.5 Å².